The summed E-state index contributed by atoms with van der Waals surface area (Å²) >= 11 is 4.81. The molecule has 0 N–H and O–H groups in total. The van der Waals surface area contributed by atoms with Crippen molar-refractivity contribution in [1.82, 2.24) is 0 Å². The van der Waals surface area contributed by atoms with Crippen LogP contribution in [0.1, 0.15) is 0 Å². The lowest BCUT2D eigenvalue weighted by Gasteiger charge is -1.98. The van der Waals surface area contributed by atoms with Gasteiger partial charge in [-0.3, -0.25) is 0 Å². The van der Waals surface area contributed by atoms with Crippen LogP contribution in [-0.2, 0) is 0 Å². The highest BCUT2D eigenvalue weighted by molar-refractivity contribution is 9.09. The third-order valence-electron chi connectivity index (χ3n) is 1.17. The standard InChI is InChI=1S/C8H8BrFS/c9-5-6-11-8-4-2-1-3-7(8)10/h1-4H,5-6H2. The van der Waals surface area contributed by atoms with Crippen molar-refractivity contribution in [3.8, 4) is 0 Å². The van der Waals surface area contributed by atoms with E-state index in [-0.39, 0.29) is 5.82 Å². The first-order chi connectivity index (χ1) is 5.34. The number of benzene rings is 1. The minimum atomic E-state index is -0.126. The molecule has 0 atom stereocenters. The van der Waals surface area contributed by atoms with Crippen molar-refractivity contribution in [3.63, 3.8) is 0 Å². The maximum absolute atomic E-state index is 12.9. The molecule has 11 heavy (non-hydrogen) atoms. The predicted molar refractivity (Wildman–Crippen MR) is 50.9 cm³/mol. The lowest BCUT2D eigenvalue weighted by Crippen LogP contribution is -1.82. The van der Waals surface area contributed by atoms with Crippen molar-refractivity contribution < 1.29 is 4.39 Å². The van der Waals surface area contributed by atoms with E-state index >= 15 is 0 Å². The summed E-state index contributed by atoms with van der Waals surface area (Å²) in [4.78, 5) is 0.729. The fraction of sp³-hybridized carbons (Fsp3) is 0.250. The monoisotopic (exact) mass is 234 g/mol. The van der Waals surface area contributed by atoms with E-state index in [4.69, 9.17) is 0 Å². The van der Waals surface area contributed by atoms with Crippen LogP contribution in [0.2, 0.25) is 0 Å². The Morgan fingerprint density at radius 3 is 2.73 bits per heavy atom. The van der Waals surface area contributed by atoms with Crippen LogP contribution >= 0.6 is 27.7 Å². The second-order valence-corrected chi connectivity index (χ2v) is 3.90. The van der Waals surface area contributed by atoms with E-state index in [1.165, 1.54) is 17.8 Å². The quantitative estimate of drug-likeness (QED) is 0.572. The molecule has 0 saturated heterocycles. The number of rotatable bonds is 3. The Balaban J connectivity index is 2.62. The first kappa shape index (κ1) is 9.07. The average molecular weight is 235 g/mol. The van der Waals surface area contributed by atoms with Crippen LogP contribution in [0.4, 0.5) is 4.39 Å². The summed E-state index contributed by atoms with van der Waals surface area (Å²) in [6.45, 7) is 0. The molecule has 1 rings (SSSR count). The Labute approximate surface area is 78.3 Å². The largest absolute Gasteiger partial charge is 0.206 e. The summed E-state index contributed by atoms with van der Waals surface area (Å²) in [6, 6.07) is 6.83. The van der Waals surface area contributed by atoms with Gasteiger partial charge >= 0.3 is 0 Å². The molecule has 0 fully saturated rings. The molecule has 0 aliphatic rings. The summed E-state index contributed by atoms with van der Waals surface area (Å²) in [5.41, 5.74) is 0. The minimum Gasteiger partial charge on any atom is -0.206 e. The molecule has 0 radical (unpaired) electrons. The fourth-order valence-corrected chi connectivity index (χ4v) is 1.87. The van der Waals surface area contributed by atoms with Crippen molar-refractivity contribution in [3.05, 3.63) is 30.1 Å². The molecule has 0 nitrogen and oxygen atoms in total. The average Bonchev–Trinajstić information content (AvgIpc) is 2.03. The molecule has 1 aromatic carbocycles. The van der Waals surface area contributed by atoms with Crippen LogP contribution in [0.5, 0.6) is 0 Å². The Morgan fingerprint density at radius 1 is 1.36 bits per heavy atom. The number of hydrogen-bond donors (Lipinski definition) is 0. The summed E-state index contributed by atoms with van der Waals surface area (Å²) in [7, 11) is 0. The van der Waals surface area contributed by atoms with Crippen LogP contribution in [-0.4, -0.2) is 11.1 Å². The highest BCUT2D eigenvalue weighted by Gasteiger charge is 1.98. The molecule has 0 aliphatic heterocycles. The second-order valence-electron chi connectivity index (χ2n) is 1.97. The lowest BCUT2D eigenvalue weighted by molar-refractivity contribution is 0.602. The number of alkyl halides is 1. The zero-order chi connectivity index (χ0) is 8.10. The topological polar surface area (TPSA) is 0 Å². The van der Waals surface area contributed by atoms with Gasteiger partial charge in [0.2, 0.25) is 0 Å². The van der Waals surface area contributed by atoms with E-state index < -0.39 is 0 Å². The van der Waals surface area contributed by atoms with Crippen LogP contribution in [0.15, 0.2) is 29.2 Å². The number of thioether (sulfide) groups is 1. The van der Waals surface area contributed by atoms with Gasteiger partial charge in [-0.2, -0.15) is 0 Å². The molecule has 1 aromatic rings. The smallest absolute Gasteiger partial charge is 0.136 e. The third-order valence-corrected chi connectivity index (χ3v) is 3.14. The summed E-state index contributed by atoms with van der Waals surface area (Å²) in [5.74, 6) is 0.777. The number of halogens is 2. The minimum absolute atomic E-state index is 0.126. The third kappa shape index (κ3) is 2.83. The van der Waals surface area contributed by atoms with Gasteiger partial charge in [0.15, 0.2) is 0 Å². The first-order valence-corrected chi connectivity index (χ1v) is 5.38. The Hall–Kier alpha value is -0.0200. The summed E-state index contributed by atoms with van der Waals surface area (Å²) in [5, 5.41) is 0.895. The summed E-state index contributed by atoms with van der Waals surface area (Å²) in [6.07, 6.45) is 0. The molecule has 0 amide bonds. The molecule has 0 bridgehead atoms. The van der Waals surface area contributed by atoms with Gasteiger partial charge in [0.25, 0.3) is 0 Å². The van der Waals surface area contributed by atoms with Gasteiger partial charge in [-0.25, -0.2) is 4.39 Å². The summed E-state index contributed by atoms with van der Waals surface area (Å²) < 4.78 is 12.9. The molecule has 0 heterocycles. The zero-order valence-electron chi connectivity index (χ0n) is 5.89. The Morgan fingerprint density at radius 2 is 2.09 bits per heavy atom. The van der Waals surface area contributed by atoms with Gasteiger partial charge in [-0.15, -0.1) is 11.8 Å². The van der Waals surface area contributed by atoms with E-state index in [0.29, 0.717) is 0 Å². The van der Waals surface area contributed by atoms with Crippen LogP contribution in [0.3, 0.4) is 0 Å². The fourth-order valence-electron chi connectivity index (χ4n) is 0.710. The van der Waals surface area contributed by atoms with Crippen molar-refractivity contribution in [2.45, 2.75) is 4.90 Å². The first-order valence-electron chi connectivity index (χ1n) is 3.28. The normalized spacial score (nSPS) is 10.0. The van der Waals surface area contributed by atoms with Crippen molar-refractivity contribution >= 4 is 27.7 Å². The predicted octanol–water partition coefficient (Wildman–Crippen LogP) is 3.31. The molecular weight excluding hydrogens is 227 g/mol. The van der Waals surface area contributed by atoms with Gasteiger partial charge in [-0.1, -0.05) is 28.1 Å². The maximum Gasteiger partial charge on any atom is 0.136 e. The second kappa shape index (κ2) is 4.78. The van der Waals surface area contributed by atoms with Crippen molar-refractivity contribution in [1.29, 1.82) is 0 Å². The van der Waals surface area contributed by atoms with Gasteiger partial charge in [0.1, 0.15) is 5.82 Å². The highest BCUT2D eigenvalue weighted by atomic mass is 79.9. The van der Waals surface area contributed by atoms with Crippen molar-refractivity contribution in [2.24, 2.45) is 0 Å². The molecule has 60 valence electrons. The number of hydrogen-bond acceptors (Lipinski definition) is 1. The van der Waals surface area contributed by atoms with E-state index in [1.54, 1.807) is 12.1 Å². The molecule has 0 unspecified atom stereocenters. The van der Waals surface area contributed by atoms with E-state index in [2.05, 4.69) is 15.9 Å². The maximum atomic E-state index is 12.9. The molecule has 0 aromatic heterocycles. The van der Waals surface area contributed by atoms with E-state index in [1.807, 2.05) is 6.07 Å². The van der Waals surface area contributed by atoms with E-state index in [9.17, 15) is 4.39 Å². The highest BCUT2D eigenvalue weighted by Crippen LogP contribution is 2.20. The van der Waals surface area contributed by atoms with Crippen LogP contribution in [0, 0.1) is 5.82 Å². The van der Waals surface area contributed by atoms with Crippen LogP contribution in [0.25, 0.3) is 0 Å². The Kier molecular flexibility index (Phi) is 3.94. The van der Waals surface area contributed by atoms with Crippen LogP contribution < -0.4 is 0 Å². The van der Waals surface area contributed by atoms with Gasteiger partial charge < -0.3 is 0 Å². The van der Waals surface area contributed by atoms with Crippen molar-refractivity contribution in [2.75, 3.05) is 11.1 Å². The lowest BCUT2D eigenvalue weighted by atomic mass is 10.3. The van der Waals surface area contributed by atoms with Gasteiger partial charge in [-0.05, 0) is 12.1 Å². The molecule has 0 saturated carbocycles. The Bertz CT molecular complexity index is 227. The molecule has 3 heteroatoms. The van der Waals surface area contributed by atoms with E-state index in [0.717, 1.165) is 16.0 Å². The molecule has 0 spiro atoms. The zero-order valence-corrected chi connectivity index (χ0v) is 8.29. The van der Waals surface area contributed by atoms with Gasteiger partial charge in [0, 0.05) is 16.0 Å². The molecular formula is C8H8BrFS. The SMILES string of the molecule is Fc1ccccc1SCCBr. The van der Waals surface area contributed by atoms with Gasteiger partial charge in [0.05, 0.1) is 0 Å². The molecule has 0 aliphatic carbocycles.